The SMILES string of the molecule is Cc1cc(C(C(C=O)NC(=O)N2CCC(N3Cc4cccc(F)c4NC3=O)CC2)N2CCN(c3ccccc3F)CC2)cc2cn[nH]c12. The molecule has 13 heteroatoms. The quantitative estimate of drug-likeness (QED) is 0.246. The van der Waals surface area contributed by atoms with Gasteiger partial charge in [-0.15, -0.1) is 0 Å². The van der Waals surface area contributed by atoms with E-state index in [1.54, 1.807) is 40.3 Å². The topological polar surface area (TPSA) is 117 Å². The van der Waals surface area contributed by atoms with Crippen molar-refractivity contribution in [3.05, 3.63) is 89.1 Å². The number of amides is 4. The third-order valence-electron chi connectivity index (χ3n) is 9.91. The van der Waals surface area contributed by atoms with Crippen LogP contribution in [-0.2, 0) is 11.3 Å². The van der Waals surface area contributed by atoms with Crippen LogP contribution in [0, 0.1) is 18.6 Å². The Hall–Kier alpha value is -5.04. The highest BCUT2D eigenvalue weighted by molar-refractivity contribution is 5.92. The van der Waals surface area contributed by atoms with E-state index in [1.807, 2.05) is 30.0 Å². The van der Waals surface area contributed by atoms with Gasteiger partial charge in [0.05, 0.1) is 29.1 Å². The second-order valence-electron chi connectivity index (χ2n) is 12.8. The normalized spacial score (nSPS) is 18.7. The summed E-state index contributed by atoms with van der Waals surface area (Å²) in [6, 6.07) is 13.3. The molecule has 2 fully saturated rings. The van der Waals surface area contributed by atoms with Crippen molar-refractivity contribution in [2.24, 2.45) is 0 Å². The zero-order chi connectivity index (χ0) is 33.4. The number of aromatic nitrogens is 2. The molecule has 1 aromatic heterocycles. The molecule has 7 rings (SSSR count). The van der Waals surface area contributed by atoms with Crippen LogP contribution >= 0.6 is 0 Å². The molecule has 2 saturated heterocycles. The average Bonchev–Trinajstić information content (AvgIpc) is 3.58. The largest absolute Gasteiger partial charge is 0.367 e. The molecule has 48 heavy (non-hydrogen) atoms. The smallest absolute Gasteiger partial charge is 0.322 e. The average molecular weight is 657 g/mol. The van der Waals surface area contributed by atoms with Crippen molar-refractivity contribution >= 4 is 40.6 Å². The molecule has 3 N–H and O–H groups in total. The molecule has 250 valence electrons. The molecule has 2 unspecified atom stereocenters. The summed E-state index contributed by atoms with van der Waals surface area (Å²) in [4.78, 5) is 46.9. The lowest BCUT2D eigenvalue weighted by atomic mass is 9.94. The summed E-state index contributed by atoms with van der Waals surface area (Å²) in [5.74, 6) is -0.730. The van der Waals surface area contributed by atoms with E-state index in [1.165, 1.54) is 12.1 Å². The van der Waals surface area contributed by atoms with Crippen LogP contribution in [0.1, 0.15) is 35.6 Å². The monoisotopic (exact) mass is 656 g/mol. The Labute approximate surface area is 276 Å². The number of carbonyl (C=O) groups is 3. The number of benzene rings is 3. The number of fused-ring (bicyclic) bond motifs is 2. The molecule has 3 aromatic carbocycles. The van der Waals surface area contributed by atoms with E-state index in [0.717, 1.165) is 28.3 Å². The Balaban J connectivity index is 1.05. The van der Waals surface area contributed by atoms with Gasteiger partial charge in [0, 0.05) is 57.2 Å². The summed E-state index contributed by atoms with van der Waals surface area (Å²) >= 11 is 0. The van der Waals surface area contributed by atoms with Gasteiger partial charge >= 0.3 is 12.1 Å². The van der Waals surface area contributed by atoms with E-state index in [4.69, 9.17) is 0 Å². The predicted octanol–water partition coefficient (Wildman–Crippen LogP) is 4.80. The zero-order valence-electron chi connectivity index (χ0n) is 26.7. The van der Waals surface area contributed by atoms with Crippen LogP contribution < -0.4 is 15.5 Å². The summed E-state index contributed by atoms with van der Waals surface area (Å²) in [7, 11) is 0. The van der Waals surface area contributed by atoms with Crippen LogP contribution in [-0.4, -0.2) is 94.6 Å². The third kappa shape index (κ3) is 6.05. The molecule has 0 spiro atoms. The molecule has 3 aliphatic heterocycles. The number of carbonyl (C=O) groups excluding carboxylic acids is 3. The summed E-state index contributed by atoms with van der Waals surface area (Å²) < 4.78 is 28.8. The minimum Gasteiger partial charge on any atom is -0.367 e. The maximum atomic E-state index is 14.6. The lowest BCUT2D eigenvalue weighted by Gasteiger charge is -2.43. The van der Waals surface area contributed by atoms with Gasteiger partial charge < -0.3 is 30.1 Å². The molecule has 4 aromatic rings. The third-order valence-corrected chi connectivity index (χ3v) is 9.91. The molecule has 2 atom stereocenters. The number of aldehydes is 1. The maximum absolute atomic E-state index is 14.6. The minimum atomic E-state index is -0.863. The number of likely N-dealkylation sites (tertiary alicyclic amines) is 1. The van der Waals surface area contributed by atoms with Crippen molar-refractivity contribution in [3.63, 3.8) is 0 Å². The molecule has 0 bridgehead atoms. The first-order valence-corrected chi connectivity index (χ1v) is 16.3. The highest BCUT2D eigenvalue weighted by Gasteiger charge is 2.37. The highest BCUT2D eigenvalue weighted by Crippen LogP contribution is 2.32. The van der Waals surface area contributed by atoms with Crippen molar-refractivity contribution in [3.8, 4) is 0 Å². The summed E-state index contributed by atoms with van der Waals surface area (Å²) in [5, 5.41) is 13.8. The molecular weight excluding hydrogens is 618 g/mol. The highest BCUT2D eigenvalue weighted by atomic mass is 19.1. The molecule has 0 saturated carbocycles. The maximum Gasteiger partial charge on any atom is 0.322 e. The number of rotatable bonds is 7. The van der Waals surface area contributed by atoms with Gasteiger partial charge in [0.25, 0.3) is 0 Å². The van der Waals surface area contributed by atoms with Crippen molar-refractivity contribution < 1.29 is 23.2 Å². The second kappa shape index (κ2) is 13.2. The molecule has 4 heterocycles. The fourth-order valence-electron chi connectivity index (χ4n) is 7.40. The van der Waals surface area contributed by atoms with Crippen LogP contribution in [0.25, 0.3) is 10.9 Å². The van der Waals surface area contributed by atoms with E-state index in [9.17, 15) is 23.2 Å². The molecule has 4 amide bonds. The second-order valence-corrected chi connectivity index (χ2v) is 12.8. The summed E-state index contributed by atoms with van der Waals surface area (Å²) in [5.41, 5.74) is 4.25. The molecular formula is C35H38F2N8O3. The molecule has 11 nitrogen and oxygen atoms in total. The fraction of sp³-hybridized carbons (Fsp3) is 0.371. The van der Waals surface area contributed by atoms with E-state index in [-0.39, 0.29) is 29.6 Å². The van der Waals surface area contributed by atoms with Crippen molar-refractivity contribution in [1.29, 1.82) is 0 Å². The van der Waals surface area contributed by atoms with Gasteiger partial charge in [0.15, 0.2) is 0 Å². The number of hydrogen-bond acceptors (Lipinski definition) is 6. The van der Waals surface area contributed by atoms with Gasteiger partial charge in [-0.2, -0.15) is 5.10 Å². The first-order chi connectivity index (χ1) is 23.3. The van der Waals surface area contributed by atoms with E-state index in [2.05, 4.69) is 25.7 Å². The first kappa shape index (κ1) is 31.6. The van der Waals surface area contributed by atoms with Crippen LogP contribution in [0.2, 0.25) is 0 Å². The van der Waals surface area contributed by atoms with Gasteiger partial charge in [0.1, 0.15) is 24.0 Å². The van der Waals surface area contributed by atoms with Gasteiger partial charge in [-0.25, -0.2) is 18.4 Å². The first-order valence-electron chi connectivity index (χ1n) is 16.3. The molecule has 0 aliphatic carbocycles. The number of piperazine rings is 1. The molecule has 0 radical (unpaired) electrons. The van der Waals surface area contributed by atoms with Crippen molar-refractivity contribution in [2.45, 2.75) is 44.4 Å². The predicted molar refractivity (Wildman–Crippen MR) is 178 cm³/mol. The Kier molecular flexibility index (Phi) is 8.69. The number of piperidine rings is 1. The summed E-state index contributed by atoms with van der Waals surface area (Å²) in [6.07, 6.45) is 3.64. The van der Waals surface area contributed by atoms with Crippen LogP contribution in [0.15, 0.2) is 60.8 Å². The summed E-state index contributed by atoms with van der Waals surface area (Å²) in [6.45, 7) is 5.29. The van der Waals surface area contributed by atoms with Gasteiger partial charge in [-0.1, -0.05) is 30.3 Å². The number of aromatic amines is 1. The number of hydrogen-bond donors (Lipinski definition) is 3. The van der Waals surface area contributed by atoms with Gasteiger partial charge in [0.2, 0.25) is 0 Å². The number of para-hydroxylation sites is 2. The van der Waals surface area contributed by atoms with Crippen LogP contribution in [0.3, 0.4) is 0 Å². The van der Waals surface area contributed by atoms with Gasteiger partial charge in [-0.3, -0.25) is 10.00 Å². The number of aryl methyl sites for hydroxylation is 1. The van der Waals surface area contributed by atoms with E-state index in [0.29, 0.717) is 69.9 Å². The molecule has 3 aliphatic rings. The number of anilines is 2. The number of nitrogens with zero attached hydrogens (tertiary/aromatic N) is 5. The van der Waals surface area contributed by atoms with Gasteiger partial charge in [-0.05, 0) is 60.7 Å². The number of nitrogens with one attached hydrogen (secondary N) is 3. The Morgan fingerprint density at radius 2 is 1.75 bits per heavy atom. The van der Waals surface area contributed by atoms with Crippen molar-refractivity contribution in [1.82, 2.24) is 30.2 Å². The lowest BCUT2D eigenvalue weighted by molar-refractivity contribution is -0.111. The Bertz CT molecular complexity index is 1830. The van der Waals surface area contributed by atoms with Crippen molar-refractivity contribution in [2.75, 3.05) is 49.5 Å². The number of halogens is 2. The zero-order valence-corrected chi connectivity index (χ0v) is 26.7. The van der Waals surface area contributed by atoms with E-state index < -0.39 is 17.9 Å². The Morgan fingerprint density at radius 3 is 2.50 bits per heavy atom. The Morgan fingerprint density at radius 1 is 1.00 bits per heavy atom. The van der Waals surface area contributed by atoms with Crippen LogP contribution in [0.5, 0.6) is 0 Å². The minimum absolute atomic E-state index is 0.115. The lowest BCUT2D eigenvalue weighted by Crippen LogP contribution is -2.57. The number of H-pyrrole nitrogens is 1. The standard InChI is InChI=1S/C35H38F2N8O3/c1-22-17-24(18-25-19-38-41-31(22)25)33(43-15-13-42(14-16-43)30-8-3-2-6-27(30)36)29(21-46)39-34(47)44-11-9-26(10-12-44)45-20-23-5-4-7-28(37)32(23)40-35(45)48/h2-8,17-19,21,26,29,33H,9-16,20H2,1H3,(H,38,41)(H,39,47)(H,40,48). The van der Waals surface area contributed by atoms with E-state index >= 15 is 0 Å². The number of urea groups is 2. The fourth-order valence-corrected chi connectivity index (χ4v) is 7.40. The van der Waals surface area contributed by atoms with Crippen LogP contribution in [0.4, 0.5) is 29.7 Å².